The third kappa shape index (κ3) is 4.37. The summed E-state index contributed by atoms with van der Waals surface area (Å²) in [5.41, 5.74) is 1.46. The van der Waals surface area contributed by atoms with E-state index in [1.165, 1.54) is 4.88 Å². The van der Waals surface area contributed by atoms with Crippen LogP contribution in [0.15, 0.2) is 34.5 Å². The molecule has 0 atom stereocenters. The van der Waals surface area contributed by atoms with Crippen molar-refractivity contribution < 1.29 is 17.9 Å². The van der Waals surface area contributed by atoms with Crippen molar-refractivity contribution in [2.24, 2.45) is 0 Å². The lowest BCUT2D eigenvalue weighted by Gasteiger charge is -2.36. The lowest BCUT2D eigenvalue weighted by molar-refractivity contribution is 0.0529. The maximum absolute atomic E-state index is 13.0. The Balaban J connectivity index is 1.84. The Bertz CT molecular complexity index is 846. The van der Waals surface area contributed by atoms with Crippen LogP contribution in [0, 0.1) is 13.8 Å². The van der Waals surface area contributed by atoms with Crippen molar-refractivity contribution >= 4 is 21.4 Å². The average molecular weight is 410 g/mol. The van der Waals surface area contributed by atoms with Crippen LogP contribution in [0.1, 0.15) is 35.8 Å². The fourth-order valence-corrected chi connectivity index (χ4v) is 5.89. The molecular weight excluding hydrogens is 382 g/mol. The Labute approximate surface area is 165 Å². The molecule has 1 N–H and O–H groups in total. The van der Waals surface area contributed by atoms with Crippen molar-refractivity contribution in [3.05, 3.63) is 45.6 Å². The summed E-state index contributed by atoms with van der Waals surface area (Å²) in [5.74, 6) is 0.760. The van der Waals surface area contributed by atoms with Gasteiger partial charge in [-0.15, -0.1) is 11.3 Å². The predicted molar refractivity (Wildman–Crippen MR) is 108 cm³/mol. The van der Waals surface area contributed by atoms with E-state index in [-0.39, 0.29) is 10.3 Å². The Kier molecular flexibility index (Phi) is 6.25. The Hall–Kier alpha value is -1.41. The zero-order chi connectivity index (χ0) is 19.5. The molecule has 0 bridgehead atoms. The van der Waals surface area contributed by atoms with Crippen LogP contribution >= 0.6 is 11.3 Å². The summed E-state index contributed by atoms with van der Waals surface area (Å²) >= 11 is 1.68. The van der Waals surface area contributed by atoms with Gasteiger partial charge in [0, 0.05) is 30.1 Å². The molecule has 2 heterocycles. The van der Waals surface area contributed by atoms with E-state index in [9.17, 15) is 8.42 Å². The zero-order valence-electron chi connectivity index (χ0n) is 16.1. The Morgan fingerprint density at radius 2 is 1.89 bits per heavy atom. The number of hydrogen-bond acceptors (Lipinski definition) is 5. The summed E-state index contributed by atoms with van der Waals surface area (Å²) in [4.78, 5) is 1.50. The highest BCUT2D eigenvalue weighted by Crippen LogP contribution is 2.37. The minimum Gasteiger partial charge on any atom is -0.493 e. The topological polar surface area (TPSA) is 64.6 Å². The van der Waals surface area contributed by atoms with Crippen LogP contribution in [0.2, 0.25) is 0 Å². The first kappa shape index (κ1) is 20.3. The van der Waals surface area contributed by atoms with E-state index in [0.717, 1.165) is 29.7 Å². The van der Waals surface area contributed by atoms with Crippen molar-refractivity contribution in [2.75, 3.05) is 26.4 Å². The van der Waals surface area contributed by atoms with Gasteiger partial charge in [0.1, 0.15) is 5.75 Å². The van der Waals surface area contributed by atoms with Crippen LogP contribution in [0.25, 0.3) is 0 Å². The van der Waals surface area contributed by atoms with Crippen molar-refractivity contribution in [1.29, 1.82) is 0 Å². The summed E-state index contributed by atoms with van der Waals surface area (Å²) < 4.78 is 40.0. The highest BCUT2D eigenvalue weighted by molar-refractivity contribution is 7.89. The molecule has 0 aliphatic carbocycles. The molecular formula is C20H27NO4S2. The number of thiophene rings is 1. The van der Waals surface area contributed by atoms with E-state index in [2.05, 4.69) is 10.8 Å². The first-order valence-corrected chi connectivity index (χ1v) is 11.6. The highest BCUT2D eigenvalue weighted by Gasteiger charge is 2.36. The number of nitrogens with one attached hydrogen (secondary N) is 1. The SMILES string of the molecule is CCOc1c(C)cc(S(=O)(=O)NCC2(c3cccs3)CCOCC2)cc1C. The number of hydrogen-bond donors (Lipinski definition) is 1. The van der Waals surface area contributed by atoms with Gasteiger partial charge >= 0.3 is 0 Å². The first-order valence-electron chi connectivity index (χ1n) is 9.23. The molecule has 27 heavy (non-hydrogen) atoms. The van der Waals surface area contributed by atoms with Crippen molar-refractivity contribution in [3.8, 4) is 5.75 Å². The van der Waals surface area contributed by atoms with Crippen LogP contribution < -0.4 is 9.46 Å². The molecule has 1 aromatic heterocycles. The molecule has 1 aliphatic rings. The summed E-state index contributed by atoms with van der Waals surface area (Å²) in [6.07, 6.45) is 1.63. The molecule has 3 rings (SSSR count). The molecule has 2 aromatic rings. The van der Waals surface area contributed by atoms with Gasteiger partial charge in [0.25, 0.3) is 0 Å². The second-order valence-electron chi connectivity index (χ2n) is 7.01. The molecule has 1 aliphatic heterocycles. The zero-order valence-corrected chi connectivity index (χ0v) is 17.7. The number of sulfonamides is 1. The molecule has 7 heteroatoms. The molecule has 1 fully saturated rings. The van der Waals surface area contributed by atoms with Crippen LogP contribution in [0.4, 0.5) is 0 Å². The van der Waals surface area contributed by atoms with E-state index in [0.29, 0.717) is 26.4 Å². The molecule has 1 aromatic carbocycles. The van der Waals surface area contributed by atoms with Gasteiger partial charge in [-0.05, 0) is 68.3 Å². The molecule has 0 unspecified atom stereocenters. The van der Waals surface area contributed by atoms with E-state index in [1.54, 1.807) is 23.5 Å². The van der Waals surface area contributed by atoms with Crippen LogP contribution in [-0.4, -0.2) is 34.8 Å². The quantitative estimate of drug-likeness (QED) is 0.756. The number of aryl methyl sites for hydroxylation is 2. The van der Waals surface area contributed by atoms with E-state index in [4.69, 9.17) is 9.47 Å². The number of rotatable bonds is 7. The summed E-state index contributed by atoms with van der Waals surface area (Å²) in [6, 6.07) is 7.48. The van der Waals surface area contributed by atoms with Crippen molar-refractivity contribution in [1.82, 2.24) is 4.72 Å². The second-order valence-corrected chi connectivity index (χ2v) is 9.73. The first-order chi connectivity index (χ1) is 12.9. The molecule has 0 spiro atoms. The van der Waals surface area contributed by atoms with E-state index in [1.807, 2.05) is 32.2 Å². The third-order valence-electron chi connectivity index (χ3n) is 5.13. The largest absolute Gasteiger partial charge is 0.493 e. The summed E-state index contributed by atoms with van der Waals surface area (Å²) in [6.45, 7) is 7.91. The Morgan fingerprint density at radius 1 is 1.22 bits per heavy atom. The number of benzene rings is 1. The van der Waals surface area contributed by atoms with Gasteiger partial charge in [0.2, 0.25) is 10.0 Å². The molecule has 5 nitrogen and oxygen atoms in total. The van der Waals surface area contributed by atoms with Crippen molar-refractivity contribution in [2.45, 2.75) is 43.9 Å². The molecule has 148 valence electrons. The van der Waals surface area contributed by atoms with Gasteiger partial charge in [-0.3, -0.25) is 0 Å². The standard InChI is InChI=1S/C20H27NO4S2/c1-4-25-19-15(2)12-17(13-16(19)3)27(22,23)21-14-20(7-9-24-10-8-20)18-6-5-11-26-18/h5-6,11-13,21H,4,7-10,14H2,1-3H3. The minimum absolute atomic E-state index is 0.200. The van der Waals surface area contributed by atoms with E-state index < -0.39 is 10.0 Å². The maximum atomic E-state index is 13.0. The van der Waals surface area contributed by atoms with Crippen LogP contribution in [0.5, 0.6) is 5.75 Å². The molecule has 0 amide bonds. The predicted octanol–water partition coefficient (Wildman–Crippen LogP) is 3.79. The molecule has 0 radical (unpaired) electrons. The minimum atomic E-state index is -3.61. The molecule has 0 saturated carbocycles. The summed E-state index contributed by atoms with van der Waals surface area (Å²) in [7, 11) is -3.61. The lowest BCUT2D eigenvalue weighted by atomic mass is 9.79. The second kappa shape index (κ2) is 8.31. The highest BCUT2D eigenvalue weighted by atomic mass is 32.2. The average Bonchev–Trinajstić information content (AvgIpc) is 3.19. The lowest BCUT2D eigenvalue weighted by Crippen LogP contribution is -2.44. The van der Waals surface area contributed by atoms with E-state index >= 15 is 0 Å². The van der Waals surface area contributed by atoms with Gasteiger partial charge in [-0.2, -0.15) is 0 Å². The summed E-state index contributed by atoms with van der Waals surface area (Å²) in [5, 5.41) is 2.04. The van der Waals surface area contributed by atoms with Gasteiger partial charge in [-0.25, -0.2) is 13.1 Å². The monoisotopic (exact) mass is 409 g/mol. The van der Waals surface area contributed by atoms with Crippen LogP contribution in [0.3, 0.4) is 0 Å². The smallest absolute Gasteiger partial charge is 0.240 e. The Morgan fingerprint density at radius 3 is 2.44 bits per heavy atom. The van der Waals surface area contributed by atoms with Gasteiger partial charge in [-0.1, -0.05) is 6.07 Å². The van der Waals surface area contributed by atoms with Crippen molar-refractivity contribution in [3.63, 3.8) is 0 Å². The fourth-order valence-electron chi connectivity index (χ4n) is 3.61. The van der Waals surface area contributed by atoms with Gasteiger partial charge < -0.3 is 9.47 Å². The van der Waals surface area contributed by atoms with Gasteiger partial charge in [0.05, 0.1) is 11.5 Å². The molecule has 1 saturated heterocycles. The number of ether oxygens (including phenoxy) is 2. The third-order valence-corrected chi connectivity index (χ3v) is 7.62. The fraction of sp³-hybridized carbons (Fsp3) is 0.500. The van der Waals surface area contributed by atoms with Gasteiger partial charge in [0.15, 0.2) is 0 Å². The van der Waals surface area contributed by atoms with Crippen LogP contribution in [-0.2, 0) is 20.2 Å². The maximum Gasteiger partial charge on any atom is 0.240 e. The normalized spacial score (nSPS) is 17.0.